The van der Waals surface area contributed by atoms with Crippen molar-refractivity contribution in [2.75, 3.05) is 7.11 Å². The summed E-state index contributed by atoms with van der Waals surface area (Å²) in [6.07, 6.45) is -0.949. The van der Waals surface area contributed by atoms with E-state index >= 15 is 0 Å². The molecular weight excluding hydrogens is 134 g/mol. The molecule has 0 saturated heterocycles. The van der Waals surface area contributed by atoms with Crippen molar-refractivity contribution in [3.8, 4) is 6.07 Å². The van der Waals surface area contributed by atoms with Crippen LogP contribution in [0.15, 0.2) is 0 Å². The standard InChI is InChI=1S/C6H9NO3/c1-5(3-4-7)10-6(8)9-2/h5H,3H2,1-2H3. The molecule has 56 valence electrons. The SMILES string of the molecule is COC(=O)OC(C)CC#N. The molecule has 0 N–H and O–H groups in total. The highest BCUT2D eigenvalue weighted by Gasteiger charge is 2.07. The van der Waals surface area contributed by atoms with Gasteiger partial charge in [-0.1, -0.05) is 0 Å². The Morgan fingerprint density at radius 3 is 2.80 bits per heavy atom. The van der Waals surface area contributed by atoms with Crippen LogP contribution < -0.4 is 0 Å². The fourth-order valence-electron chi connectivity index (χ4n) is 0.383. The molecule has 1 unspecified atom stereocenters. The third kappa shape index (κ3) is 3.72. The largest absolute Gasteiger partial charge is 0.508 e. The van der Waals surface area contributed by atoms with Crippen molar-refractivity contribution in [1.29, 1.82) is 5.26 Å². The maximum atomic E-state index is 10.3. The zero-order chi connectivity index (χ0) is 7.98. The average Bonchev–Trinajstić information content (AvgIpc) is 1.88. The molecule has 0 radical (unpaired) electrons. The van der Waals surface area contributed by atoms with Crippen LogP contribution in [0, 0.1) is 11.3 Å². The van der Waals surface area contributed by atoms with E-state index in [0.717, 1.165) is 0 Å². The summed E-state index contributed by atoms with van der Waals surface area (Å²) < 4.78 is 8.75. The van der Waals surface area contributed by atoms with Crippen molar-refractivity contribution in [3.05, 3.63) is 0 Å². The summed E-state index contributed by atoms with van der Waals surface area (Å²) in [6, 6.07) is 1.86. The first-order valence-corrected chi connectivity index (χ1v) is 2.82. The highest BCUT2D eigenvalue weighted by atomic mass is 16.7. The van der Waals surface area contributed by atoms with Gasteiger partial charge in [0.05, 0.1) is 19.6 Å². The zero-order valence-corrected chi connectivity index (χ0v) is 5.96. The van der Waals surface area contributed by atoms with Gasteiger partial charge in [0.25, 0.3) is 0 Å². The van der Waals surface area contributed by atoms with E-state index in [1.807, 2.05) is 6.07 Å². The Labute approximate surface area is 59.3 Å². The van der Waals surface area contributed by atoms with E-state index in [1.54, 1.807) is 6.92 Å². The predicted molar refractivity (Wildman–Crippen MR) is 33.2 cm³/mol. The predicted octanol–water partition coefficient (Wildman–Crippen LogP) is 1.07. The molecular formula is C6H9NO3. The number of ether oxygens (including phenoxy) is 2. The third-order valence-electron chi connectivity index (χ3n) is 0.843. The summed E-state index contributed by atoms with van der Waals surface area (Å²) in [7, 11) is 1.22. The number of hydrogen-bond donors (Lipinski definition) is 0. The van der Waals surface area contributed by atoms with Gasteiger partial charge in [-0.05, 0) is 6.92 Å². The van der Waals surface area contributed by atoms with E-state index in [9.17, 15) is 4.79 Å². The first-order chi connectivity index (χ1) is 4.70. The van der Waals surface area contributed by atoms with Crippen LogP contribution >= 0.6 is 0 Å². The fourth-order valence-corrected chi connectivity index (χ4v) is 0.383. The lowest BCUT2D eigenvalue weighted by Gasteiger charge is -2.06. The first-order valence-electron chi connectivity index (χ1n) is 2.82. The molecule has 0 aromatic carbocycles. The Bertz CT molecular complexity index is 150. The summed E-state index contributed by atoms with van der Waals surface area (Å²) in [4.78, 5) is 10.3. The van der Waals surface area contributed by atoms with Crippen molar-refractivity contribution in [2.24, 2.45) is 0 Å². The Morgan fingerprint density at radius 1 is 1.80 bits per heavy atom. The molecule has 0 aromatic heterocycles. The van der Waals surface area contributed by atoms with Gasteiger partial charge in [0.15, 0.2) is 0 Å². The monoisotopic (exact) mass is 143 g/mol. The van der Waals surface area contributed by atoms with Gasteiger partial charge in [0.1, 0.15) is 6.10 Å². The molecule has 0 spiro atoms. The molecule has 0 aliphatic heterocycles. The second-order valence-corrected chi connectivity index (χ2v) is 1.74. The number of methoxy groups -OCH3 is 1. The third-order valence-corrected chi connectivity index (χ3v) is 0.843. The lowest BCUT2D eigenvalue weighted by molar-refractivity contribution is 0.0451. The second-order valence-electron chi connectivity index (χ2n) is 1.74. The van der Waals surface area contributed by atoms with Gasteiger partial charge in [0.2, 0.25) is 0 Å². The van der Waals surface area contributed by atoms with E-state index in [1.165, 1.54) is 7.11 Å². The quantitative estimate of drug-likeness (QED) is 0.542. The molecule has 0 rings (SSSR count). The van der Waals surface area contributed by atoms with Crippen LogP contribution in [0.25, 0.3) is 0 Å². The average molecular weight is 143 g/mol. The van der Waals surface area contributed by atoms with Crippen molar-refractivity contribution < 1.29 is 14.3 Å². The lowest BCUT2D eigenvalue weighted by Crippen LogP contribution is -2.13. The maximum Gasteiger partial charge on any atom is 0.508 e. The van der Waals surface area contributed by atoms with Gasteiger partial charge in [-0.2, -0.15) is 5.26 Å². The van der Waals surface area contributed by atoms with E-state index in [2.05, 4.69) is 9.47 Å². The van der Waals surface area contributed by atoms with Crippen LogP contribution in [0.5, 0.6) is 0 Å². The molecule has 0 amide bonds. The van der Waals surface area contributed by atoms with Crippen molar-refractivity contribution in [3.63, 3.8) is 0 Å². The molecule has 4 heteroatoms. The molecule has 4 nitrogen and oxygen atoms in total. The van der Waals surface area contributed by atoms with Gasteiger partial charge in [-0.25, -0.2) is 4.79 Å². The molecule has 0 saturated carbocycles. The minimum absolute atomic E-state index is 0.190. The topological polar surface area (TPSA) is 59.3 Å². The van der Waals surface area contributed by atoms with E-state index < -0.39 is 12.3 Å². The molecule has 0 bridgehead atoms. The summed E-state index contributed by atoms with van der Waals surface area (Å²) >= 11 is 0. The van der Waals surface area contributed by atoms with Crippen molar-refractivity contribution in [2.45, 2.75) is 19.4 Å². The number of carbonyl (C=O) groups is 1. The van der Waals surface area contributed by atoms with Gasteiger partial charge in [-0.15, -0.1) is 0 Å². The van der Waals surface area contributed by atoms with E-state index in [4.69, 9.17) is 5.26 Å². The maximum absolute atomic E-state index is 10.3. The van der Waals surface area contributed by atoms with E-state index in [0.29, 0.717) is 0 Å². The van der Waals surface area contributed by atoms with Gasteiger partial charge in [-0.3, -0.25) is 0 Å². The summed E-state index contributed by atoms with van der Waals surface area (Å²) in [5.74, 6) is 0. The molecule has 1 atom stereocenters. The molecule has 0 aliphatic carbocycles. The van der Waals surface area contributed by atoms with Crippen LogP contribution in [-0.2, 0) is 9.47 Å². The number of rotatable bonds is 2. The smallest absolute Gasteiger partial charge is 0.438 e. The number of nitrogens with zero attached hydrogens (tertiary/aromatic N) is 1. The summed E-state index contributed by atoms with van der Waals surface area (Å²) in [5.41, 5.74) is 0. The van der Waals surface area contributed by atoms with Crippen LogP contribution in [0.1, 0.15) is 13.3 Å². The first kappa shape index (κ1) is 8.76. The number of carbonyl (C=O) groups excluding carboxylic acids is 1. The molecule has 0 heterocycles. The van der Waals surface area contributed by atoms with Crippen LogP contribution in [0.3, 0.4) is 0 Å². The highest BCUT2D eigenvalue weighted by Crippen LogP contribution is 1.96. The molecule has 0 aromatic rings. The Hall–Kier alpha value is -1.24. The molecule has 0 fully saturated rings. The molecule has 0 aliphatic rings. The van der Waals surface area contributed by atoms with Crippen LogP contribution in [0.4, 0.5) is 4.79 Å². The van der Waals surface area contributed by atoms with Gasteiger partial charge in [0, 0.05) is 0 Å². The van der Waals surface area contributed by atoms with Crippen molar-refractivity contribution in [1.82, 2.24) is 0 Å². The van der Waals surface area contributed by atoms with Gasteiger partial charge >= 0.3 is 6.16 Å². The Kier molecular flexibility index (Phi) is 4.05. The van der Waals surface area contributed by atoms with Crippen LogP contribution in [-0.4, -0.2) is 19.4 Å². The Morgan fingerprint density at radius 2 is 2.40 bits per heavy atom. The minimum atomic E-state index is -0.747. The summed E-state index contributed by atoms with van der Waals surface area (Å²) in [5, 5.41) is 8.14. The second kappa shape index (κ2) is 4.62. The molecule has 10 heavy (non-hydrogen) atoms. The number of nitriles is 1. The fraction of sp³-hybridized carbons (Fsp3) is 0.667. The Balaban J connectivity index is 3.49. The number of hydrogen-bond acceptors (Lipinski definition) is 4. The van der Waals surface area contributed by atoms with E-state index in [-0.39, 0.29) is 6.42 Å². The highest BCUT2D eigenvalue weighted by molar-refractivity contribution is 5.59. The summed E-state index contributed by atoms with van der Waals surface area (Å²) in [6.45, 7) is 1.63. The minimum Gasteiger partial charge on any atom is -0.438 e. The van der Waals surface area contributed by atoms with Crippen LogP contribution in [0.2, 0.25) is 0 Å². The van der Waals surface area contributed by atoms with Gasteiger partial charge < -0.3 is 9.47 Å². The normalized spacial score (nSPS) is 11.3. The van der Waals surface area contributed by atoms with Crippen molar-refractivity contribution >= 4 is 6.16 Å². The zero-order valence-electron chi connectivity index (χ0n) is 5.96. The lowest BCUT2D eigenvalue weighted by atomic mass is 10.3.